The fourth-order valence-electron chi connectivity index (χ4n) is 4.32. The Bertz CT molecular complexity index is 638. The second kappa shape index (κ2) is 7.79. The van der Waals surface area contributed by atoms with Crippen LogP contribution in [0.3, 0.4) is 0 Å². The third-order valence-electron chi connectivity index (χ3n) is 6.33. The number of nitrogens with zero attached hydrogens (tertiary/aromatic N) is 4. The number of hydrogen-bond acceptors (Lipinski definition) is 5. The van der Waals surface area contributed by atoms with Crippen molar-refractivity contribution in [2.75, 3.05) is 23.7 Å². The van der Waals surface area contributed by atoms with Gasteiger partial charge in [0.2, 0.25) is 11.9 Å². The van der Waals surface area contributed by atoms with Gasteiger partial charge < -0.3 is 10.2 Å². The summed E-state index contributed by atoms with van der Waals surface area (Å²) in [6, 6.07) is 0.860. The number of carbonyl (C=O) groups excluding carboxylic acids is 1. The molecule has 1 aromatic rings. The molecule has 0 spiro atoms. The van der Waals surface area contributed by atoms with Crippen molar-refractivity contribution >= 4 is 23.6 Å². The van der Waals surface area contributed by atoms with Crippen molar-refractivity contribution in [3.63, 3.8) is 0 Å². The number of rotatable bonds is 6. The van der Waals surface area contributed by atoms with Crippen molar-refractivity contribution in [2.24, 2.45) is 11.8 Å². The van der Waals surface area contributed by atoms with E-state index in [2.05, 4.69) is 38.8 Å². The molecule has 7 heteroatoms. The SMILES string of the molecule is CC1CCCC(NC(=O)CSc2nnc(N3CCCC3)n2C2CC2)C1C. The van der Waals surface area contributed by atoms with Crippen molar-refractivity contribution < 1.29 is 4.79 Å². The van der Waals surface area contributed by atoms with Gasteiger partial charge in [0.25, 0.3) is 0 Å². The Labute approximate surface area is 160 Å². The van der Waals surface area contributed by atoms with Crippen LogP contribution in [-0.2, 0) is 4.79 Å². The molecule has 3 unspecified atom stereocenters. The van der Waals surface area contributed by atoms with Gasteiger partial charge in [0.1, 0.15) is 0 Å². The molecule has 2 aliphatic carbocycles. The first-order valence-corrected chi connectivity index (χ1v) is 11.2. The number of nitrogens with one attached hydrogen (secondary N) is 1. The second-order valence-electron chi connectivity index (χ2n) is 8.31. The van der Waals surface area contributed by atoms with Gasteiger partial charge in [-0.2, -0.15) is 0 Å². The van der Waals surface area contributed by atoms with E-state index in [0.29, 0.717) is 29.7 Å². The van der Waals surface area contributed by atoms with E-state index in [1.54, 1.807) is 11.8 Å². The first kappa shape index (κ1) is 18.1. The summed E-state index contributed by atoms with van der Waals surface area (Å²) in [5.74, 6) is 2.84. The molecule has 3 atom stereocenters. The van der Waals surface area contributed by atoms with Crippen LogP contribution in [-0.4, -0.2) is 45.6 Å². The van der Waals surface area contributed by atoms with E-state index in [0.717, 1.165) is 30.6 Å². The Morgan fingerprint density at radius 1 is 1.12 bits per heavy atom. The quantitative estimate of drug-likeness (QED) is 0.771. The van der Waals surface area contributed by atoms with Crippen LogP contribution in [0, 0.1) is 11.8 Å². The first-order valence-electron chi connectivity index (χ1n) is 10.3. The van der Waals surface area contributed by atoms with Gasteiger partial charge in [-0.15, -0.1) is 10.2 Å². The molecular weight excluding hydrogens is 346 g/mol. The topological polar surface area (TPSA) is 63.1 Å². The van der Waals surface area contributed by atoms with E-state index >= 15 is 0 Å². The minimum absolute atomic E-state index is 0.133. The van der Waals surface area contributed by atoms with E-state index in [-0.39, 0.29) is 5.91 Å². The first-order chi connectivity index (χ1) is 12.6. The van der Waals surface area contributed by atoms with Gasteiger partial charge in [0, 0.05) is 25.2 Å². The van der Waals surface area contributed by atoms with Gasteiger partial charge in [-0.05, 0) is 43.9 Å². The molecule has 0 aromatic carbocycles. The molecule has 3 fully saturated rings. The highest BCUT2D eigenvalue weighted by Gasteiger charge is 2.33. The molecule has 144 valence electrons. The van der Waals surface area contributed by atoms with Crippen molar-refractivity contribution in [1.29, 1.82) is 0 Å². The Hall–Kier alpha value is -1.24. The molecular formula is C19H31N5OS. The summed E-state index contributed by atoms with van der Waals surface area (Å²) < 4.78 is 2.29. The second-order valence-corrected chi connectivity index (χ2v) is 9.25. The van der Waals surface area contributed by atoms with E-state index in [1.807, 2.05) is 0 Å². The molecule has 0 bridgehead atoms. The van der Waals surface area contributed by atoms with E-state index in [1.165, 1.54) is 38.5 Å². The van der Waals surface area contributed by atoms with Crippen LogP contribution in [0.25, 0.3) is 0 Å². The Morgan fingerprint density at radius 2 is 1.88 bits per heavy atom. The Balaban J connectivity index is 1.36. The monoisotopic (exact) mass is 377 g/mol. The highest BCUT2D eigenvalue weighted by Crippen LogP contribution is 2.41. The van der Waals surface area contributed by atoms with Gasteiger partial charge >= 0.3 is 0 Å². The molecule has 6 nitrogen and oxygen atoms in total. The van der Waals surface area contributed by atoms with Crippen molar-refractivity contribution in [2.45, 2.75) is 76.0 Å². The fraction of sp³-hybridized carbons (Fsp3) is 0.842. The summed E-state index contributed by atoms with van der Waals surface area (Å²) in [7, 11) is 0. The van der Waals surface area contributed by atoms with Crippen LogP contribution in [0.1, 0.15) is 64.8 Å². The summed E-state index contributed by atoms with van der Waals surface area (Å²) in [5, 5.41) is 13.1. The average Bonchev–Trinajstić information content (AvgIpc) is 3.16. The van der Waals surface area contributed by atoms with Crippen LogP contribution >= 0.6 is 11.8 Å². The molecule has 2 saturated carbocycles. The summed E-state index contributed by atoms with van der Waals surface area (Å²) in [6.45, 7) is 6.73. The highest BCUT2D eigenvalue weighted by molar-refractivity contribution is 7.99. The maximum Gasteiger partial charge on any atom is 0.230 e. The molecule has 1 aliphatic heterocycles. The molecule has 26 heavy (non-hydrogen) atoms. The summed E-state index contributed by atoms with van der Waals surface area (Å²) in [4.78, 5) is 14.8. The average molecular weight is 378 g/mol. The minimum atomic E-state index is 0.133. The largest absolute Gasteiger partial charge is 0.352 e. The van der Waals surface area contributed by atoms with Crippen LogP contribution in [0.2, 0.25) is 0 Å². The lowest BCUT2D eigenvalue weighted by atomic mass is 9.78. The van der Waals surface area contributed by atoms with Crippen molar-refractivity contribution in [3.05, 3.63) is 0 Å². The predicted octanol–water partition coefficient (Wildman–Crippen LogP) is 3.25. The zero-order valence-corrected chi connectivity index (χ0v) is 16.8. The lowest BCUT2D eigenvalue weighted by Crippen LogP contribution is -2.44. The molecule has 3 aliphatic rings. The zero-order chi connectivity index (χ0) is 18.1. The number of anilines is 1. The Kier molecular flexibility index (Phi) is 5.43. The number of carbonyl (C=O) groups is 1. The molecule has 4 rings (SSSR count). The van der Waals surface area contributed by atoms with Crippen LogP contribution in [0.4, 0.5) is 5.95 Å². The third-order valence-corrected chi connectivity index (χ3v) is 7.28. The van der Waals surface area contributed by atoms with Crippen molar-refractivity contribution in [3.8, 4) is 0 Å². The van der Waals surface area contributed by atoms with Crippen molar-refractivity contribution in [1.82, 2.24) is 20.1 Å². The highest BCUT2D eigenvalue weighted by atomic mass is 32.2. The molecule has 0 radical (unpaired) electrons. The summed E-state index contributed by atoms with van der Waals surface area (Å²) in [6.07, 6.45) is 8.50. The predicted molar refractivity (Wildman–Crippen MR) is 105 cm³/mol. The smallest absolute Gasteiger partial charge is 0.230 e. The van der Waals surface area contributed by atoms with Gasteiger partial charge in [-0.1, -0.05) is 38.5 Å². The van der Waals surface area contributed by atoms with Crippen LogP contribution in [0.15, 0.2) is 5.16 Å². The van der Waals surface area contributed by atoms with E-state index < -0.39 is 0 Å². The van der Waals surface area contributed by atoms with Gasteiger partial charge in [0.15, 0.2) is 5.16 Å². The number of thioether (sulfide) groups is 1. The Morgan fingerprint density at radius 3 is 2.62 bits per heavy atom. The number of hydrogen-bond donors (Lipinski definition) is 1. The third kappa shape index (κ3) is 3.87. The summed E-state index contributed by atoms with van der Waals surface area (Å²) >= 11 is 1.54. The molecule has 2 heterocycles. The molecule has 1 N–H and O–H groups in total. The summed E-state index contributed by atoms with van der Waals surface area (Å²) in [5.41, 5.74) is 0. The maximum atomic E-state index is 12.5. The normalized spacial score (nSPS) is 29.2. The van der Waals surface area contributed by atoms with E-state index in [4.69, 9.17) is 0 Å². The lowest BCUT2D eigenvalue weighted by Gasteiger charge is -2.34. The molecule has 1 aromatic heterocycles. The van der Waals surface area contributed by atoms with Crippen LogP contribution in [0.5, 0.6) is 0 Å². The van der Waals surface area contributed by atoms with Gasteiger partial charge in [-0.25, -0.2) is 0 Å². The van der Waals surface area contributed by atoms with Crippen LogP contribution < -0.4 is 10.2 Å². The van der Waals surface area contributed by atoms with Gasteiger partial charge in [0.05, 0.1) is 5.75 Å². The maximum absolute atomic E-state index is 12.5. The lowest BCUT2D eigenvalue weighted by molar-refractivity contribution is -0.120. The number of amides is 1. The zero-order valence-electron chi connectivity index (χ0n) is 16.0. The minimum Gasteiger partial charge on any atom is -0.352 e. The van der Waals surface area contributed by atoms with E-state index in [9.17, 15) is 4.79 Å². The molecule has 1 saturated heterocycles. The number of aromatic nitrogens is 3. The van der Waals surface area contributed by atoms with Gasteiger partial charge in [-0.3, -0.25) is 9.36 Å². The fourth-order valence-corrected chi connectivity index (χ4v) is 5.13. The standard InChI is InChI=1S/C19H31N5OS/c1-13-6-5-7-16(14(13)2)20-17(25)12-26-19-22-21-18(23-10-3-4-11-23)24(19)15-8-9-15/h13-16H,3-12H2,1-2H3,(H,20,25). The molecule has 1 amide bonds.